The first-order valence-corrected chi connectivity index (χ1v) is 7.47. The SMILES string of the molecule is Nc1c(C2CCCCC2)cc2c(c1N)CCCC2. The lowest BCUT2D eigenvalue weighted by Gasteiger charge is -2.27. The molecule has 2 aliphatic carbocycles. The molecule has 2 aliphatic rings. The topological polar surface area (TPSA) is 52.0 Å². The fourth-order valence-electron chi connectivity index (χ4n) is 3.73. The van der Waals surface area contributed by atoms with E-state index in [2.05, 4.69) is 6.07 Å². The van der Waals surface area contributed by atoms with Crippen LogP contribution >= 0.6 is 0 Å². The minimum atomic E-state index is 0.660. The van der Waals surface area contributed by atoms with Gasteiger partial charge in [0.2, 0.25) is 0 Å². The molecule has 0 radical (unpaired) electrons. The van der Waals surface area contributed by atoms with E-state index in [1.165, 1.54) is 68.1 Å². The van der Waals surface area contributed by atoms with Crippen molar-refractivity contribution >= 4 is 11.4 Å². The summed E-state index contributed by atoms with van der Waals surface area (Å²) < 4.78 is 0. The Bertz CT molecular complexity index is 445. The fourth-order valence-corrected chi connectivity index (χ4v) is 3.73. The average molecular weight is 244 g/mol. The molecule has 0 unspecified atom stereocenters. The Labute approximate surface area is 110 Å². The largest absolute Gasteiger partial charge is 0.397 e. The second-order valence-corrected chi connectivity index (χ2v) is 5.97. The van der Waals surface area contributed by atoms with Gasteiger partial charge >= 0.3 is 0 Å². The van der Waals surface area contributed by atoms with Crippen LogP contribution in [-0.2, 0) is 12.8 Å². The van der Waals surface area contributed by atoms with Crippen LogP contribution in [0.2, 0.25) is 0 Å². The average Bonchev–Trinajstić information content (AvgIpc) is 2.44. The van der Waals surface area contributed by atoms with Crippen molar-refractivity contribution in [3.8, 4) is 0 Å². The number of anilines is 2. The molecule has 3 rings (SSSR count). The first-order valence-electron chi connectivity index (χ1n) is 7.47. The van der Waals surface area contributed by atoms with Crippen LogP contribution in [0.5, 0.6) is 0 Å². The van der Waals surface area contributed by atoms with Crippen LogP contribution in [0.25, 0.3) is 0 Å². The van der Waals surface area contributed by atoms with E-state index in [-0.39, 0.29) is 0 Å². The number of hydrogen-bond acceptors (Lipinski definition) is 2. The summed E-state index contributed by atoms with van der Waals surface area (Å²) >= 11 is 0. The van der Waals surface area contributed by atoms with E-state index in [0.717, 1.165) is 17.8 Å². The third kappa shape index (κ3) is 1.98. The van der Waals surface area contributed by atoms with Gasteiger partial charge in [-0.1, -0.05) is 25.3 Å². The Balaban J connectivity index is 2.01. The van der Waals surface area contributed by atoms with Crippen molar-refractivity contribution in [1.82, 2.24) is 0 Å². The molecular weight excluding hydrogens is 220 g/mol. The molecule has 0 spiro atoms. The minimum Gasteiger partial charge on any atom is -0.397 e. The number of aryl methyl sites for hydroxylation is 1. The molecule has 1 fully saturated rings. The summed E-state index contributed by atoms with van der Waals surface area (Å²) in [6, 6.07) is 2.39. The first kappa shape index (κ1) is 11.9. The Morgan fingerprint density at radius 1 is 0.833 bits per heavy atom. The maximum atomic E-state index is 6.31. The predicted octanol–water partition coefficient (Wildman–Crippen LogP) is 3.78. The van der Waals surface area contributed by atoms with E-state index in [1.54, 1.807) is 0 Å². The summed E-state index contributed by atoms with van der Waals surface area (Å²) in [4.78, 5) is 0. The molecule has 2 nitrogen and oxygen atoms in total. The molecule has 0 aliphatic heterocycles. The summed E-state index contributed by atoms with van der Waals surface area (Å²) in [5.41, 5.74) is 18.6. The zero-order chi connectivity index (χ0) is 12.5. The van der Waals surface area contributed by atoms with Crippen molar-refractivity contribution in [1.29, 1.82) is 0 Å². The number of hydrogen-bond donors (Lipinski definition) is 2. The molecule has 18 heavy (non-hydrogen) atoms. The van der Waals surface area contributed by atoms with Gasteiger partial charge in [-0.2, -0.15) is 0 Å². The third-order valence-corrected chi connectivity index (χ3v) is 4.81. The zero-order valence-electron chi connectivity index (χ0n) is 11.2. The van der Waals surface area contributed by atoms with Gasteiger partial charge in [-0.15, -0.1) is 0 Å². The predicted molar refractivity (Wildman–Crippen MR) is 77.7 cm³/mol. The second-order valence-electron chi connectivity index (χ2n) is 5.97. The third-order valence-electron chi connectivity index (χ3n) is 4.81. The molecule has 2 heteroatoms. The van der Waals surface area contributed by atoms with Gasteiger partial charge in [0, 0.05) is 0 Å². The minimum absolute atomic E-state index is 0.660. The molecular formula is C16H24N2. The summed E-state index contributed by atoms with van der Waals surface area (Å²) in [6.07, 6.45) is 11.6. The summed E-state index contributed by atoms with van der Waals surface area (Å²) in [6.45, 7) is 0. The van der Waals surface area contributed by atoms with E-state index < -0.39 is 0 Å². The maximum absolute atomic E-state index is 6.31. The summed E-state index contributed by atoms with van der Waals surface area (Å²) in [5.74, 6) is 0.660. The fraction of sp³-hybridized carbons (Fsp3) is 0.625. The van der Waals surface area contributed by atoms with E-state index in [1.807, 2.05) is 0 Å². The molecule has 0 aromatic heterocycles. The molecule has 1 saturated carbocycles. The lowest BCUT2D eigenvalue weighted by Crippen LogP contribution is -2.14. The normalized spacial score (nSPS) is 20.7. The van der Waals surface area contributed by atoms with Crippen molar-refractivity contribution in [3.05, 3.63) is 22.8 Å². The highest BCUT2D eigenvalue weighted by Gasteiger charge is 2.23. The molecule has 1 aromatic carbocycles. The molecule has 0 bridgehead atoms. The van der Waals surface area contributed by atoms with Crippen LogP contribution in [-0.4, -0.2) is 0 Å². The highest BCUT2D eigenvalue weighted by Crippen LogP contribution is 2.41. The van der Waals surface area contributed by atoms with Crippen LogP contribution < -0.4 is 11.5 Å². The monoisotopic (exact) mass is 244 g/mol. The lowest BCUT2D eigenvalue weighted by atomic mass is 9.79. The maximum Gasteiger partial charge on any atom is 0.0586 e. The lowest BCUT2D eigenvalue weighted by molar-refractivity contribution is 0.444. The highest BCUT2D eigenvalue weighted by molar-refractivity contribution is 5.74. The van der Waals surface area contributed by atoms with Gasteiger partial charge in [-0.3, -0.25) is 0 Å². The Hall–Kier alpha value is -1.18. The van der Waals surface area contributed by atoms with Crippen molar-refractivity contribution in [2.24, 2.45) is 0 Å². The van der Waals surface area contributed by atoms with Gasteiger partial charge in [-0.25, -0.2) is 0 Å². The second kappa shape index (κ2) is 4.83. The van der Waals surface area contributed by atoms with E-state index in [4.69, 9.17) is 11.5 Å². The number of nitrogen functional groups attached to an aromatic ring is 2. The molecule has 0 heterocycles. The molecule has 4 N–H and O–H groups in total. The van der Waals surface area contributed by atoms with Gasteiger partial charge in [0.05, 0.1) is 11.4 Å². The van der Waals surface area contributed by atoms with Gasteiger partial charge < -0.3 is 11.5 Å². The number of nitrogens with two attached hydrogens (primary N) is 2. The van der Waals surface area contributed by atoms with Crippen LogP contribution in [0.3, 0.4) is 0 Å². The molecule has 0 amide bonds. The van der Waals surface area contributed by atoms with Crippen LogP contribution in [0.15, 0.2) is 6.07 Å². The Morgan fingerprint density at radius 3 is 2.33 bits per heavy atom. The van der Waals surface area contributed by atoms with Gasteiger partial charge in [0.25, 0.3) is 0 Å². The first-order chi connectivity index (χ1) is 8.77. The highest BCUT2D eigenvalue weighted by atomic mass is 14.7. The van der Waals surface area contributed by atoms with Crippen molar-refractivity contribution < 1.29 is 0 Å². The quantitative estimate of drug-likeness (QED) is 0.739. The van der Waals surface area contributed by atoms with Crippen molar-refractivity contribution in [3.63, 3.8) is 0 Å². The molecule has 98 valence electrons. The van der Waals surface area contributed by atoms with E-state index >= 15 is 0 Å². The molecule has 0 saturated heterocycles. The van der Waals surface area contributed by atoms with Gasteiger partial charge in [0.15, 0.2) is 0 Å². The standard InChI is InChI=1S/C16H24N2/c17-15-13-9-5-4-8-12(13)10-14(16(15)18)11-6-2-1-3-7-11/h10-11H,1-9,17-18H2. The molecule has 1 aromatic rings. The number of fused-ring (bicyclic) bond motifs is 1. The van der Waals surface area contributed by atoms with Crippen LogP contribution in [0, 0.1) is 0 Å². The van der Waals surface area contributed by atoms with Gasteiger partial charge in [0.1, 0.15) is 0 Å². The number of benzene rings is 1. The van der Waals surface area contributed by atoms with E-state index in [0.29, 0.717) is 5.92 Å². The number of rotatable bonds is 1. The molecule has 0 atom stereocenters. The van der Waals surface area contributed by atoms with Crippen LogP contribution in [0.4, 0.5) is 11.4 Å². The van der Waals surface area contributed by atoms with Crippen molar-refractivity contribution in [2.45, 2.75) is 63.7 Å². The Kier molecular flexibility index (Phi) is 3.19. The Morgan fingerprint density at radius 2 is 1.56 bits per heavy atom. The zero-order valence-corrected chi connectivity index (χ0v) is 11.2. The summed E-state index contributed by atoms with van der Waals surface area (Å²) in [5, 5.41) is 0. The van der Waals surface area contributed by atoms with Crippen LogP contribution in [0.1, 0.15) is 67.6 Å². The van der Waals surface area contributed by atoms with Gasteiger partial charge in [-0.05, 0) is 61.1 Å². The van der Waals surface area contributed by atoms with Crippen molar-refractivity contribution in [2.75, 3.05) is 11.5 Å². The smallest absolute Gasteiger partial charge is 0.0586 e. The summed E-state index contributed by atoms with van der Waals surface area (Å²) in [7, 11) is 0. The van der Waals surface area contributed by atoms with E-state index in [9.17, 15) is 0 Å².